The lowest BCUT2D eigenvalue weighted by molar-refractivity contribution is -0.311. The number of benzene rings is 9. The summed E-state index contributed by atoms with van der Waals surface area (Å²) >= 11 is 0. The predicted molar refractivity (Wildman–Crippen MR) is 332 cm³/mol. The lowest BCUT2D eigenvalue weighted by Gasteiger charge is -2.46. The van der Waals surface area contributed by atoms with Crippen molar-refractivity contribution < 1.29 is 56.8 Å². The molecule has 2 heterocycles. The molecule has 2 fully saturated rings. The molecule has 9 aromatic carbocycles. The van der Waals surface area contributed by atoms with Gasteiger partial charge in [-0.2, -0.15) is 0 Å². The van der Waals surface area contributed by atoms with Crippen LogP contribution >= 0.6 is 0 Å². The van der Waals surface area contributed by atoms with Gasteiger partial charge >= 0.3 is 0 Å². The van der Waals surface area contributed by atoms with E-state index < -0.39 is 61.4 Å². The minimum absolute atomic E-state index is 0.163. The zero-order chi connectivity index (χ0) is 59.1. The lowest BCUT2D eigenvalue weighted by Crippen LogP contribution is -2.62. The van der Waals surface area contributed by atoms with Gasteiger partial charge in [0.15, 0.2) is 0 Å². The molecule has 0 radical (unpaired) electrons. The van der Waals surface area contributed by atoms with Crippen LogP contribution < -0.4 is 9.47 Å². The van der Waals surface area contributed by atoms with Crippen LogP contribution in [0, 0.1) is 6.92 Å². The Morgan fingerprint density at radius 3 is 0.851 bits per heavy atom. The van der Waals surface area contributed by atoms with Crippen molar-refractivity contribution in [1.82, 2.24) is 0 Å². The molecule has 9 aromatic rings. The first-order valence-electron chi connectivity index (χ1n) is 30.0. The molecule has 0 N–H and O–H groups in total. The molecule has 6 unspecified atom stereocenters. The number of rotatable bonds is 30. The van der Waals surface area contributed by atoms with Crippen LogP contribution in [0.1, 0.15) is 50.1 Å². The van der Waals surface area contributed by atoms with Gasteiger partial charge in [0.2, 0.25) is 12.6 Å². The van der Waals surface area contributed by atoms with Gasteiger partial charge in [0.05, 0.1) is 66.1 Å². The van der Waals surface area contributed by atoms with Gasteiger partial charge in [-0.25, -0.2) is 0 Å². The second-order valence-electron chi connectivity index (χ2n) is 21.8. The molecule has 0 amide bonds. The Bertz CT molecular complexity index is 3350. The maximum atomic E-state index is 7.20. The summed E-state index contributed by atoms with van der Waals surface area (Å²) in [5, 5.41) is 0. The van der Waals surface area contributed by atoms with Crippen molar-refractivity contribution in [3.8, 4) is 11.5 Å². The van der Waals surface area contributed by atoms with E-state index in [4.69, 9.17) is 56.8 Å². The fraction of sp³-hybridized carbons (Fsp3) is 0.280. The Kier molecular flexibility index (Phi) is 22.6. The number of aryl methyl sites for hydroxylation is 1. The highest BCUT2D eigenvalue weighted by Gasteiger charge is 2.52. The normalized spacial score (nSPS) is 21.9. The van der Waals surface area contributed by atoms with Crippen molar-refractivity contribution in [2.24, 2.45) is 0 Å². The van der Waals surface area contributed by atoms with Crippen LogP contribution in [0.5, 0.6) is 11.5 Å². The molecule has 12 heteroatoms. The Morgan fingerprint density at radius 1 is 0.276 bits per heavy atom. The highest BCUT2D eigenvalue weighted by atomic mass is 16.7. The molecule has 11 rings (SSSR count). The van der Waals surface area contributed by atoms with E-state index in [1.165, 1.54) is 0 Å². The molecule has 12 nitrogen and oxygen atoms in total. The number of ether oxygens (including phenoxy) is 12. The lowest BCUT2D eigenvalue weighted by atomic mass is 9.97. The van der Waals surface area contributed by atoms with E-state index in [2.05, 4.69) is 0 Å². The molecule has 2 aliphatic rings. The van der Waals surface area contributed by atoms with Crippen molar-refractivity contribution >= 4 is 0 Å². The first-order valence-corrected chi connectivity index (χ1v) is 30.0. The Hall–Kier alpha value is -7.82. The first-order chi connectivity index (χ1) is 43.0. The molecule has 10 atom stereocenters. The highest BCUT2D eigenvalue weighted by Crippen LogP contribution is 2.37. The summed E-state index contributed by atoms with van der Waals surface area (Å²) in [5.41, 5.74) is 8.80. The molecular weight excluding hydrogens is 1090 g/mol. The average Bonchev–Trinajstić information content (AvgIpc) is 1.73. The summed E-state index contributed by atoms with van der Waals surface area (Å²) < 4.78 is 83.8. The molecule has 2 saturated heterocycles. The van der Waals surface area contributed by atoms with Crippen LogP contribution in [-0.4, -0.2) is 74.6 Å². The molecule has 448 valence electrons. The maximum absolute atomic E-state index is 7.20. The molecule has 2 aliphatic heterocycles. The molecule has 0 aliphatic carbocycles. The van der Waals surface area contributed by atoms with Crippen LogP contribution in [0.3, 0.4) is 0 Å². The Labute approximate surface area is 511 Å². The maximum Gasteiger partial charge on any atom is 0.229 e. The summed E-state index contributed by atoms with van der Waals surface area (Å²) in [6, 6.07) is 86.4. The first kappa shape index (κ1) is 60.9. The molecule has 87 heavy (non-hydrogen) atoms. The van der Waals surface area contributed by atoms with Gasteiger partial charge in [-0.3, -0.25) is 0 Å². The fourth-order valence-corrected chi connectivity index (χ4v) is 10.7. The van der Waals surface area contributed by atoms with Crippen molar-refractivity contribution in [2.75, 3.05) is 13.2 Å². The number of hydrogen-bond acceptors (Lipinski definition) is 12. The van der Waals surface area contributed by atoms with Gasteiger partial charge in [-0.1, -0.05) is 249 Å². The van der Waals surface area contributed by atoms with Gasteiger partial charge in [-0.05, 0) is 63.1 Å². The van der Waals surface area contributed by atoms with Gasteiger partial charge in [0, 0.05) is 6.07 Å². The van der Waals surface area contributed by atoms with E-state index in [0.717, 1.165) is 50.1 Å². The van der Waals surface area contributed by atoms with E-state index in [9.17, 15) is 0 Å². The van der Waals surface area contributed by atoms with Crippen LogP contribution in [0.2, 0.25) is 0 Å². The van der Waals surface area contributed by atoms with Crippen LogP contribution in [0.4, 0.5) is 0 Å². The van der Waals surface area contributed by atoms with E-state index in [1.54, 1.807) is 0 Å². The SMILES string of the molecule is Cc1ccc(O[C@@H]2OC(COCc3ccccc3)[C@@H](OCc3ccccc3)C(OCc3ccccc3)C2OCc2ccccc2)cc1O[C@@H]1OC(COCc2ccccc2)[C@@H](OCc2ccccc2)C(OCc2ccccc2)C1OCc1ccccc1. The molecule has 0 saturated carbocycles. The second-order valence-corrected chi connectivity index (χ2v) is 21.8. The monoisotopic (exact) mass is 1170 g/mol. The van der Waals surface area contributed by atoms with Gasteiger partial charge < -0.3 is 56.8 Å². The number of hydrogen-bond donors (Lipinski definition) is 0. The summed E-state index contributed by atoms with van der Waals surface area (Å²) in [5.74, 6) is 0.936. The van der Waals surface area contributed by atoms with Crippen LogP contribution in [-0.2, 0) is 100 Å². The van der Waals surface area contributed by atoms with Crippen molar-refractivity contribution in [3.63, 3.8) is 0 Å². The third-order valence-electron chi connectivity index (χ3n) is 15.3. The summed E-state index contributed by atoms with van der Waals surface area (Å²) in [4.78, 5) is 0. The zero-order valence-electron chi connectivity index (χ0n) is 49.1. The van der Waals surface area contributed by atoms with E-state index in [1.807, 2.05) is 268 Å². The largest absolute Gasteiger partial charge is 0.462 e. The van der Waals surface area contributed by atoms with Crippen LogP contribution in [0.25, 0.3) is 0 Å². The Balaban J connectivity index is 0.934. The minimum Gasteiger partial charge on any atom is -0.462 e. The molecule has 0 aromatic heterocycles. The predicted octanol–water partition coefficient (Wildman–Crippen LogP) is 14.1. The standard InChI is InChI=1S/C75H76O12/c1-55-42-43-64(84-74-72(82-51-62-38-22-8-23-39-62)70(80-49-60-34-18-6-19-35-60)68(78-47-58-30-14-4-15-31-58)66(86-74)53-76-45-56-26-10-2-11-27-56)44-65(55)85-75-73(83-52-63-40-24-9-25-41-63)71(81-50-61-36-20-7-21-37-61)69(79-48-59-32-16-5-17-33-59)67(87-75)54-77-46-57-28-12-3-13-29-57/h2-44,66-75H,45-54H2,1H3/t66?,67?,68-,69-,70?,71?,72?,73?,74-,75-/m1/s1. The van der Waals surface area contributed by atoms with E-state index in [-0.39, 0.29) is 39.6 Å². The van der Waals surface area contributed by atoms with E-state index in [0.29, 0.717) is 37.9 Å². The minimum atomic E-state index is -1.04. The average molecular weight is 1170 g/mol. The smallest absolute Gasteiger partial charge is 0.229 e. The highest BCUT2D eigenvalue weighted by molar-refractivity contribution is 5.40. The zero-order valence-corrected chi connectivity index (χ0v) is 49.1. The van der Waals surface area contributed by atoms with Gasteiger partial charge in [0.1, 0.15) is 60.3 Å². The Morgan fingerprint density at radius 2 is 0.540 bits per heavy atom. The van der Waals surface area contributed by atoms with Crippen molar-refractivity contribution in [2.45, 2.75) is 121 Å². The van der Waals surface area contributed by atoms with Gasteiger partial charge in [0.25, 0.3) is 0 Å². The molecule has 0 spiro atoms. The fourth-order valence-electron chi connectivity index (χ4n) is 10.7. The van der Waals surface area contributed by atoms with Crippen LogP contribution in [0.15, 0.2) is 261 Å². The summed E-state index contributed by atoms with van der Waals surface area (Å²) in [7, 11) is 0. The summed E-state index contributed by atoms with van der Waals surface area (Å²) in [6.45, 7) is 4.65. The topological polar surface area (TPSA) is 111 Å². The molecule has 0 bridgehead atoms. The molecular formula is C75H76O12. The third-order valence-corrected chi connectivity index (χ3v) is 15.3. The van der Waals surface area contributed by atoms with E-state index >= 15 is 0 Å². The third kappa shape index (κ3) is 17.9. The van der Waals surface area contributed by atoms with Gasteiger partial charge in [-0.15, -0.1) is 0 Å². The summed E-state index contributed by atoms with van der Waals surface area (Å²) in [6.07, 6.45) is -7.85. The van der Waals surface area contributed by atoms with Crippen molar-refractivity contribution in [1.29, 1.82) is 0 Å². The quantitative estimate of drug-likeness (QED) is 0.0427. The second kappa shape index (κ2) is 32.2. The van der Waals surface area contributed by atoms with Crippen molar-refractivity contribution in [3.05, 3.63) is 311 Å².